The normalized spacial score (nSPS) is 10.5. The Balaban J connectivity index is 2.71. The molecule has 1 aromatic carbocycles. The van der Waals surface area contributed by atoms with Crippen molar-refractivity contribution in [3.63, 3.8) is 0 Å². The topological polar surface area (TPSA) is 32.3 Å². The van der Waals surface area contributed by atoms with Crippen LogP contribution < -0.4 is 5.32 Å². The van der Waals surface area contributed by atoms with Crippen LogP contribution in [0.25, 0.3) is 0 Å². The fourth-order valence-electron chi connectivity index (χ4n) is 1.07. The van der Waals surface area contributed by atoms with Gasteiger partial charge in [-0.15, -0.1) is 0 Å². The molecule has 0 atom stereocenters. The van der Waals surface area contributed by atoms with Crippen molar-refractivity contribution in [1.82, 2.24) is 4.90 Å². The monoisotopic (exact) mass is 290 g/mol. The summed E-state index contributed by atoms with van der Waals surface area (Å²) in [5, 5.41) is 3.37. The minimum atomic E-state index is -0.0667. The van der Waals surface area contributed by atoms with Crippen molar-refractivity contribution in [2.45, 2.75) is 0 Å². The highest BCUT2D eigenvalue weighted by molar-refractivity contribution is 9.10. The summed E-state index contributed by atoms with van der Waals surface area (Å²) in [6.07, 6.45) is 0. The van der Waals surface area contributed by atoms with E-state index in [0.717, 1.165) is 4.47 Å². The van der Waals surface area contributed by atoms with Crippen LogP contribution in [0.2, 0.25) is 5.02 Å². The van der Waals surface area contributed by atoms with Crippen LogP contribution in [0, 0.1) is 0 Å². The van der Waals surface area contributed by atoms with Gasteiger partial charge in [0.25, 0.3) is 0 Å². The summed E-state index contributed by atoms with van der Waals surface area (Å²) < 4.78 is 0.819. The molecule has 0 aromatic heterocycles. The zero-order chi connectivity index (χ0) is 11.4. The highest BCUT2D eigenvalue weighted by atomic mass is 79.9. The van der Waals surface area contributed by atoms with E-state index in [1.54, 1.807) is 23.1 Å². The van der Waals surface area contributed by atoms with E-state index in [9.17, 15) is 4.79 Å². The largest absolute Gasteiger partial charge is 0.324 e. The third-order valence-electron chi connectivity index (χ3n) is 1.66. The Morgan fingerprint density at radius 3 is 2.80 bits per heavy atom. The van der Waals surface area contributed by atoms with Gasteiger partial charge in [-0.3, -0.25) is 4.79 Å². The molecule has 1 N–H and O–H groups in total. The van der Waals surface area contributed by atoms with Crippen LogP contribution >= 0.6 is 27.5 Å². The molecule has 5 heteroatoms. The first-order chi connectivity index (χ1) is 6.99. The minimum absolute atomic E-state index is 0.0667. The Kier molecular flexibility index (Phi) is 4.57. The van der Waals surface area contributed by atoms with Crippen molar-refractivity contribution in [3.8, 4) is 0 Å². The second kappa shape index (κ2) is 5.49. The summed E-state index contributed by atoms with van der Waals surface area (Å²) in [7, 11) is 3.68. The first-order valence-corrected chi connectivity index (χ1v) is 5.56. The lowest BCUT2D eigenvalue weighted by molar-refractivity contribution is -0.116. The summed E-state index contributed by atoms with van der Waals surface area (Å²) >= 11 is 9.16. The summed E-state index contributed by atoms with van der Waals surface area (Å²) in [4.78, 5) is 13.3. The van der Waals surface area contributed by atoms with E-state index in [1.807, 2.05) is 14.1 Å². The fourth-order valence-corrected chi connectivity index (χ4v) is 1.59. The molecule has 15 heavy (non-hydrogen) atoms. The molecule has 1 amide bonds. The van der Waals surface area contributed by atoms with Crippen LogP contribution in [0.4, 0.5) is 5.69 Å². The van der Waals surface area contributed by atoms with Crippen LogP contribution in [0.3, 0.4) is 0 Å². The first kappa shape index (κ1) is 12.5. The van der Waals surface area contributed by atoms with Gasteiger partial charge in [-0.05, 0) is 48.2 Å². The van der Waals surface area contributed by atoms with Gasteiger partial charge in [0.15, 0.2) is 0 Å². The maximum Gasteiger partial charge on any atom is 0.238 e. The lowest BCUT2D eigenvalue weighted by Gasteiger charge is -2.11. The average molecular weight is 292 g/mol. The number of likely N-dealkylation sites (N-methyl/N-ethyl adjacent to an activating group) is 1. The number of nitrogens with zero attached hydrogens (tertiary/aromatic N) is 1. The molecule has 0 radical (unpaired) electrons. The maximum absolute atomic E-state index is 11.5. The van der Waals surface area contributed by atoms with E-state index in [1.165, 1.54) is 0 Å². The van der Waals surface area contributed by atoms with Gasteiger partial charge in [-0.25, -0.2) is 0 Å². The second-order valence-corrected chi connectivity index (χ2v) is 4.70. The first-order valence-electron chi connectivity index (χ1n) is 4.38. The number of carbonyl (C=O) groups excluding carboxylic acids is 1. The number of anilines is 1. The lowest BCUT2D eigenvalue weighted by atomic mass is 10.3. The summed E-state index contributed by atoms with van der Waals surface area (Å²) in [6, 6.07) is 5.26. The summed E-state index contributed by atoms with van der Waals surface area (Å²) in [5.74, 6) is -0.0667. The summed E-state index contributed by atoms with van der Waals surface area (Å²) in [6.45, 7) is 0.346. The number of rotatable bonds is 3. The molecule has 0 aliphatic rings. The van der Waals surface area contributed by atoms with Gasteiger partial charge >= 0.3 is 0 Å². The molecular formula is C10H12BrClN2O. The SMILES string of the molecule is CN(C)CC(=O)Nc1cc(Cl)ccc1Br. The lowest BCUT2D eigenvalue weighted by Crippen LogP contribution is -2.27. The smallest absolute Gasteiger partial charge is 0.238 e. The molecule has 0 heterocycles. The van der Waals surface area contributed by atoms with Crippen LogP contribution in [-0.4, -0.2) is 31.4 Å². The van der Waals surface area contributed by atoms with Gasteiger partial charge in [0.1, 0.15) is 0 Å². The standard InChI is InChI=1S/C10H12BrClN2O/c1-14(2)6-10(15)13-9-5-7(12)3-4-8(9)11/h3-5H,6H2,1-2H3,(H,13,15). The molecule has 1 rings (SSSR count). The fraction of sp³-hybridized carbons (Fsp3) is 0.300. The molecule has 0 saturated heterocycles. The highest BCUT2D eigenvalue weighted by Crippen LogP contribution is 2.25. The Morgan fingerprint density at radius 2 is 2.20 bits per heavy atom. The number of nitrogens with one attached hydrogen (secondary N) is 1. The molecule has 0 bridgehead atoms. The number of halogens is 2. The Bertz CT molecular complexity index is 368. The van der Waals surface area contributed by atoms with E-state index < -0.39 is 0 Å². The predicted octanol–water partition coefficient (Wildman–Crippen LogP) is 2.60. The third kappa shape index (κ3) is 4.20. The van der Waals surface area contributed by atoms with Gasteiger partial charge < -0.3 is 10.2 Å². The van der Waals surface area contributed by atoms with Crippen LogP contribution in [0.1, 0.15) is 0 Å². The number of hydrogen-bond acceptors (Lipinski definition) is 2. The van der Waals surface area contributed by atoms with Crippen molar-refractivity contribution in [2.75, 3.05) is 26.0 Å². The zero-order valence-electron chi connectivity index (χ0n) is 8.55. The molecule has 0 saturated carbocycles. The van der Waals surface area contributed by atoms with E-state index in [4.69, 9.17) is 11.6 Å². The minimum Gasteiger partial charge on any atom is -0.324 e. The van der Waals surface area contributed by atoms with Gasteiger partial charge in [0.2, 0.25) is 5.91 Å². The quantitative estimate of drug-likeness (QED) is 0.928. The molecule has 0 aliphatic heterocycles. The van der Waals surface area contributed by atoms with Gasteiger partial charge in [-0.2, -0.15) is 0 Å². The highest BCUT2D eigenvalue weighted by Gasteiger charge is 2.06. The molecule has 3 nitrogen and oxygen atoms in total. The third-order valence-corrected chi connectivity index (χ3v) is 2.59. The number of hydrogen-bond donors (Lipinski definition) is 1. The van der Waals surface area contributed by atoms with Gasteiger partial charge in [-0.1, -0.05) is 11.6 Å². The average Bonchev–Trinajstić information content (AvgIpc) is 2.10. The van der Waals surface area contributed by atoms with E-state index >= 15 is 0 Å². The van der Waals surface area contributed by atoms with Crippen molar-refractivity contribution >= 4 is 39.1 Å². The number of amides is 1. The molecule has 0 unspecified atom stereocenters. The Hall–Kier alpha value is -0.580. The van der Waals surface area contributed by atoms with Crippen LogP contribution in [-0.2, 0) is 4.79 Å². The van der Waals surface area contributed by atoms with E-state index in [-0.39, 0.29) is 5.91 Å². The Labute approximate surface area is 103 Å². The number of benzene rings is 1. The van der Waals surface area contributed by atoms with E-state index in [2.05, 4.69) is 21.2 Å². The van der Waals surface area contributed by atoms with Crippen molar-refractivity contribution in [2.24, 2.45) is 0 Å². The molecule has 0 aliphatic carbocycles. The molecular weight excluding hydrogens is 279 g/mol. The molecule has 82 valence electrons. The number of carbonyl (C=O) groups is 1. The van der Waals surface area contributed by atoms with Crippen molar-refractivity contribution < 1.29 is 4.79 Å². The molecule has 0 spiro atoms. The van der Waals surface area contributed by atoms with Crippen LogP contribution in [0.5, 0.6) is 0 Å². The van der Waals surface area contributed by atoms with Gasteiger partial charge in [0, 0.05) is 9.50 Å². The maximum atomic E-state index is 11.5. The summed E-state index contributed by atoms with van der Waals surface area (Å²) in [5.41, 5.74) is 0.689. The predicted molar refractivity (Wildman–Crippen MR) is 66.3 cm³/mol. The van der Waals surface area contributed by atoms with E-state index in [0.29, 0.717) is 17.3 Å². The molecule has 1 aromatic rings. The van der Waals surface area contributed by atoms with Gasteiger partial charge in [0.05, 0.1) is 12.2 Å². The molecule has 0 fully saturated rings. The zero-order valence-corrected chi connectivity index (χ0v) is 10.9. The van der Waals surface area contributed by atoms with Crippen molar-refractivity contribution in [3.05, 3.63) is 27.7 Å². The van der Waals surface area contributed by atoms with Crippen LogP contribution in [0.15, 0.2) is 22.7 Å². The Morgan fingerprint density at radius 1 is 1.53 bits per heavy atom. The second-order valence-electron chi connectivity index (χ2n) is 3.41. The van der Waals surface area contributed by atoms with Crippen molar-refractivity contribution in [1.29, 1.82) is 0 Å².